The van der Waals surface area contributed by atoms with Crippen LogP contribution >= 0.6 is 24.0 Å². The van der Waals surface area contributed by atoms with Gasteiger partial charge in [-0.3, -0.25) is 4.99 Å². The van der Waals surface area contributed by atoms with Gasteiger partial charge < -0.3 is 20.1 Å². The Labute approximate surface area is 138 Å². The lowest BCUT2D eigenvalue weighted by Gasteiger charge is -2.33. The number of nitrogens with zero attached hydrogens (tertiary/aromatic N) is 2. The smallest absolute Gasteiger partial charge is 0.191 e. The normalized spacial score (nSPS) is 40.8. The SMILES string of the molecule is CC1CN(C(N)=NCC2(C)CC3CCC2O3)CCO1.I. The maximum Gasteiger partial charge on any atom is 0.191 e. The number of aliphatic imine (C=N–C) groups is 1. The van der Waals surface area contributed by atoms with Gasteiger partial charge in [-0.05, 0) is 26.2 Å². The van der Waals surface area contributed by atoms with Crippen molar-refractivity contribution < 1.29 is 9.47 Å². The van der Waals surface area contributed by atoms with Gasteiger partial charge in [0.25, 0.3) is 0 Å². The van der Waals surface area contributed by atoms with Crippen LogP contribution < -0.4 is 5.73 Å². The number of halogens is 1. The topological polar surface area (TPSA) is 60.1 Å². The lowest BCUT2D eigenvalue weighted by Crippen LogP contribution is -2.48. The van der Waals surface area contributed by atoms with Crippen molar-refractivity contribution in [2.45, 2.75) is 51.4 Å². The van der Waals surface area contributed by atoms with Crippen molar-refractivity contribution in [3.05, 3.63) is 0 Å². The van der Waals surface area contributed by atoms with Crippen molar-refractivity contribution in [2.24, 2.45) is 16.1 Å². The van der Waals surface area contributed by atoms with E-state index in [1.165, 1.54) is 12.8 Å². The van der Waals surface area contributed by atoms with Gasteiger partial charge in [0.15, 0.2) is 5.96 Å². The number of nitrogens with two attached hydrogens (primary N) is 1. The zero-order valence-corrected chi connectivity index (χ0v) is 14.7. The first-order valence-corrected chi connectivity index (χ1v) is 7.39. The molecule has 3 fully saturated rings. The molecule has 3 saturated heterocycles. The van der Waals surface area contributed by atoms with Gasteiger partial charge in [0.05, 0.1) is 31.5 Å². The van der Waals surface area contributed by atoms with E-state index in [-0.39, 0.29) is 35.5 Å². The Balaban J connectivity index is 0.00000147. The molecular weight excluding hydrogens is 369 g/mol. The van der Waals surface area contributed by atoms with Crippen molar-refractivity contribution in [3.8, 4) is 0 Å². The van der Waals surface area contributed by atoms with Gasteiger partial charge in [0.1, 0.15) is 0 Å². The summed E-state index contributed by atoms with van der Waals surface area (Å²) in [5.41, 5.74) is 6.31. The predicted molar refractivity (Wildman–Crippen MR) is 89.5 cm³/mol. The van der Waals surface area contributed by atoms with E-state index in [9.17, 15) is 0 Å². The van der Waals surface area contributed by atoms with Crippen molar-refractivity contribution in [3.63, 3.8) is 0 Å². The molecule has 4 unspecified atom stereocenters. The van der Waals surface area contributed by atoms with Gasteiger partial charge in [-0.1, -0.05) is 6.92 Å². The van der Waals surface area contributed by atoms with E-state index < -0.39 is 0 Å². The average molecular weight is 395 g/mol. The first kappa shape index (κ1) is 16.3. The summed E-state index contributed by atoms with van der Waals surface area (Å²) in [7, 11) is 0. The molecule has 2 bridgehead atoms. The Morgan fingerprint density at radius 3 is 2.85 bits per heavy atom. The lowest BCUT2D eigenvalue weighted by molar-refractivity contribution is 0.00514. The largest absolute Gasteiger partial charge is 0.375 e. The Kier molecular flexibility index (Phi) is 5.18. The molecule has 0 aliphatic carbocycles. The van der Waals surface area contributed by atoms with Gasteiger partial charge in [0.2, 0.25) is 0 Å². The summed E-state index contributed by atoms with van der Waals surface area (Å²) >= 11 is 0. The summed E-state index contributed by atoms with van der Waals surface area (Å²) in [6.45, 7) is 7.57. The molecular formula is C14H26IN3O2. The van der Waals surface area contributed by atoms with E-state index >= 15 is 0 Å². The van der Waals surface area contributed by atoms with Crippen LogP contribution in [-0.2, 0) is 9.47 Å². The van der Waals surface area contributed by atoms with E-state index in [1.54, 1.807) is 0 Å². The number of fused-ring (bicyclic) bond motifs is 2. The molecule has 5 nitrogen and oxygen atoms in total. The molecule has 0 saturated carbocycles. The Hall–Kier alpha value is -0.0800. The van der Waals surface area contributed by atoms with Crippen molar-refractivity contribution in [2.75, 3.05) is 26.2 Å². The summed E-state index contributed by atoms with van der Waals surface area (Å²) in [6.07, 6.45) is 4.64. The van der Waals surface area contributed by atoms with Crippen LogP contribution in [-0.4, -0.2) is 55.4 Å². The molecule has 2 N–H and O–H groups in total. The minimum absolute atomic E-state index is 0. The van der Waals surface area contributed by atoms with Gasteiger partial charge in [0, 0.05) is 18.5 Å². The third-order valence-electron chi connectivity index (χ3n) is 4.75. The van der Waals surface area contributed by atoms with Crippen LogP contribution in [0.2, 0.25) is 0 Å². The molecule has 20 heavy (non-hydrogen) atoms. The van der Waals surface area contributed by atoms with Gasteiger partial charge >= 0.3 is 0 Å². The first-order valence-electron chi connectivity index (χ1n) is 7.39. The Morgan fingerprint density at radius 2 is 2.25 bits per heavy atom. The fraction of sp³-hybridized carbons (Fsp3) is 0.929. The van der Waals surface area contributed by atoms with Crippen molar-refractivity contribution in [1.82, 2.24) is 4.90 Å². The standard InChI is InChI=1S/C14H25N3O2.HI/c1-10-8-17(5-6-18-10)13(15)16-9-14(2)7-11-3-4-12(14)19-11;/h10-12H,3-9H2,1-2H3,(H2,15,16);1H. The summed E-state index contributed by atoms with van der Waals surface area (Å²) in [5.74, 6) is 0.666. The number of ether oxygens (including phenoxy) is 2. The minimum Gasteiger partial charge on any atom is -0.375 e. The van der Waals surface area contributed by atoms with Crippen LogP contribution in [0.25, 0.3) is 0 Å². The van der Waals surface area contributed by atoms with Crippen molar-refractivity contribution >= 4 is 29.9 Å². The minimum atomic E-state index is 0. The van der Waals surface area contributed by atoms with E-state index in [4.69, 9.17) is 15.2 Å². The molecule has 0 aromatic carbocycles. The van der Waals surface area contributed by atoms with Crippen LogP contribution in [0.3, 0.4) is 0 Å². The zero-order valence-electron chi connectivity index (χ0n) is 12.4. The highest BCUT2D eigenvalue weighted by Gasteiger charge is 2.49. The first-order chi connectivity index (χ1) is 9.07. The van der Waals surface area contributed by atoms with Crippen molar-refractivity contribution in [1.29, 1.82) is 0 Å². The maximum absolute atomic E-state index is 6.13. The molecule has 3 heterocycles. The van der Waals surface area contributed by atoms with E-state index in [2.05, 4.69) is 23.7 Å². The third-order valence-corrected chi connectivity index (χ3v) is 4.75. The maximum atomic E-state index is 6.13. The molecule has 3 aliphatic rings. The fourth-order valence-electron chi connectivity index (χ4n) is 3.57. The van der Waals surface area contributed by atoms with Gasteiger partial charge in [-0.2, -0.15) is 0 Å². The Morgan fingerprint density at radius 1 is 1.45 bits per heavy atom. The van der Waals surface area contributed by atoms with Crippen LogP contribution in [0, 0.1) is 5.41 Å². The summed E-state index contributed by atoms with van der Waals surface area (Å²) in [6, 6.07) is 0. The second kappa shape index (κ2) is 6.36. The number of hydrogen-bond donors (Lipinski definition) is 1. The molecule has 116 valence electrons. The predicted octanol–water partition coefficient (Wildman–Crippen LogP) is 1.60. The van der Waals surface area contributed by atoms with Gasteiger partial charge in [-0.15, -0.1) is 24.0 Å². The highest BCUT2D eigenvalue weighted by molar-refractivity contribution is 14.0. The molecule has 6 heteroatoms. The summed E-state index contributed by atoms with van der Waals surface area (Å²) < 4.78 is 11.5. The number of morpholine rings is 1. The highest BCUT2D eigenvalue weighted by atomic mass is 127. The average Bonchev–Trinajstić information content (AvgIpc) is 2.96. The molecule has 3 aliphatic heterocycles. The summed E-state index contributed by atoms with van der Waals surface area (Å²) in [5, 5.41) is 0. The van der Waals surface area contributed by atoms with Crippen LogP contribution in [0.15, 0.2) is 4.99 Å². The number of hydrogen-bond acceptors (Lipinski definition) is 3. The quantitative estimate of drug-likeness (QED) is 0.439. The zero-order chi connectivity index (χ0) is 13.5. The van der Waals surface area contributed by atoms with E-state index in [1.807, 2.05) is 0 Å². The Bertz CT molecular complexity index is 379. The monoisotopic (exact) mass is 395 g/mol. The molecule has 4 atom stereocenters. The molecule has 0 aromatic rings. The molecule has 0 amide bonds. The van der Waals surface area contributed by atoms with Crippen LogP contribution in [0.4, 0.5) is 0 Å². The second-order valence-corrected chi connectivity index (χ2v) is 6.48. The van der Waals surface area contributed by atoms with Crippen LogP contribution in [0.1, 0.15) is 33.1 Å². The molecule has 3 rings (SSSR count). The second-order valence-electron chi connectivity index (χ2n) is 6.48. The van der Waals surface area contributed by atoms with E-state index in [0.29, 0.717) is 18.2 Å². The summed E-state index contributed by atoms with van der Waals surface area (Å²) in [4.78, 5) is 6.77. The third kappa shape index (κ3) is 3.22. The lowest BCUT2D eigenvalue weighted by atomic mass is 9.76. The number of guanidine groups is 1. The molecule has 0 aromatic heterocycles. The molecule has 0 spiro atoms. The van der Waals surface area contributed by atoms with Crippen LogP contribution in [0.5, 0.6) is 0 Å². The fourth-order valence-corrected chi connectivity index (χ4v) is 3.57. The molecule has 0 radical (unpaired) electrons. The highest BCUT2D eigenvalue weighted by Crippen LogP contribution is 2.47. The van der Waals surface area contributed by atoms with E-state index in [0.717, 1.165) is 32.7 Å². The van der Waals surface area contributed by atoms with Gasteiger partial charge in [-0.25, -0.2) is 0 Å². The number of rotatable bonds is 2.